The lowest BCUT2D eigenvalue weighted by molar-refractivity contribution is 0.102. The van der Waals surface area contributed by atoms with Crippen molar-refractivity contribution in [1.82, 2.24) is 4.98 Å². The molecular weight excluding hydrogens is 316 g/mol. The van der Waals surface area contributed by atoms with Crippen LogP contribution in [0.25, 0.3) is 0 Å². The maximum atomic E-state index is 13.1. The Morgan fingerprint density at radius 3 is 2.57 bits per heavy atom. The van der Waals surface area contributed by atoms with Gasteiger partial charge in [-0.25, -0.2) is 9.37 Å². The van der Waals surface area contributed by atoms with Gasteiger partial charge >= 0.3 is 0 Å². The van der Waals surface area contributed by atoms with Crippen LogP contribution in [0.3, 0.4) is 0 Å². The van der Waals surface area contributed by atoms with E-state index in [2.05, 4.69) is 15.6 Å². The van der Waals surface area contributed by atoms with Crippen molar-refractivity contribution in [2.45, 2.75) is 6.92 Å². The highest BCUT2D eigenvalue weighted by Crippen LogP contribution is 2.31. The van der Waals surface area contributed by atoms with Crippen LogP contribution < -0.4 is 10.6 Å². The third-order valence-corrected chi connectivity index (χ3v) is 3.22. The minimum absolute atomic E-state index is 0.0364. The van der Waals surface area contributed by atoms with E-state index >= 15 is 0 Å². The second kappa shape index (κ2) is 6.74. The van der Waals surface area contributed by atoms with E-state index in [1.165, 1.54) is 6.20 Å². The van der Waals surface area contributed by atoms with Crippen LogP contribution in [0.5, 0.6) is 0 Å². The Labute approximate surface area is 131 Å². The van der Waals surface area contributed by atoms with Crippen LogP contribution in [-0.4, -0.2) is 17.4 Å². The van der Waals surface area contributed by atoms with E-state index in [-0.39, 0.29) is 15.7 Å². The van der Waals surface area contributed by atoms with Crippen molar-refractivity contribution in [2.24, 2.45) is 0 Å². The molecule has 1 heterocycles. The van der Waals surface area contributed by atoms with Crippen molar-refractivity contribution in [3.05, 3.63) is 51.9 Å². The molecule has 0 fully saturated rings. The SMILES string of the molecule is CCNc1cc(C(=O)Nc2c(Cl)cc(F)cc2Cl)ccn1. The van der Waals surface area contributed by atoms with Crippen molar-refractivity contribution >= 4 is 40.6 Å². The fraction of sp³-hybridized carbons (Fsp3) is 0.143. The minimum atomic E-state index is -0.568. The third-order valence-electron chi connectivity index (χ3n) is 2.63. The van der Waals surface area contributed by atoms with Gasteiger partial charge in [-0.05, 0) is 31.2 Å². The number of amides is 1. The molecule has 0 spiro atoms. The van der Waals surface area contributed by atoms with Crippen LogP contribution in [0, 0.1) is 5.82 Å². The van der Waals surface area contributed by atoms with E-state index in [1.807, 2.05) is 6.92 Å². The number of benzene rings is 1. The number of carbonyl (C=O) groups is 1. The smallest absolute Gasteiger partial charge is 0.255 e. The van der Waals surface area contributed by atoms with Crippen LogP contribution in [0.1, 0.15) is 17.3 Å². The monoisotopic (exact) mass is 327 g/mol. The van der Waals surface area contributed by atoms with Crippen LogP contribution >= 0.6 is 23.2 Å². The predicted molar refractivity (Wildman–Crippen MR) is 82.8 cm³/mol. The number of pyridine rings is 1. The summed E-state index contributed by atoms with van der Waals surface area (Å²) in [5.74, 6) is -0.394. The molecule has 110 valence electrons. The van der Waals surface area contributed by atoms with E-state index < -0.39 is 11.7 Å². The largest absolute Gasteiger partial charge is 0.370 e. The Balaban J connectivity index is 2.24. The van der Waals surface area contributed by atoms with Gasteiger partial charge in [-0.3, -0.25) is 4.79 Å². The first-order valence-electron chi connectivity index (χ1n) is 6.17. The molecule has 1 aromatic heterocycles. The van der Waals surface area contributed by atoms with Gasteiger partial charge in [-0.1, -0.05) is 23.2 Å². The zero-order valence-electron chi connectivity index (χ0n) is 11.1. The fourth-order valence-corrected chi connectivity index (χ4v) is 2.25. The Morgan fingerprint density at radius 2 is 1.95 bits per heavy atom. The van der Waals surface area contributed by atoms with Crippen molar-refractivity contribution in [2.75, 3.05) is 17.2 Å². The molecule has 0 saturated heterocycles. The Morgan fingerprint density at radius 1 is 1.29 bits per heavy atom. The second-order valence-electron chi connectivity index (χ2n) is 4.16. The van der Waals surface area contributed by atoms with E-state index in [9.17, 15) is 9.18 Å². The molecule has 2 N–H and O–H groups in total. The van der Waals surface area contributed by atoms with Gasteiger partial charge in [0, 0.05) is 18.3 Å². The average Bonchev–Trinajstić information content (AvgIpc) is 2.43. The minimum Gasteiger partial charge on any atom is -0.370 e. The summed E-state index contributed by atoms with van der Waals surface area (Å²) in [6, 6.07) is 5.32. The summed E-state index contributed by atoms with van der Waals surface area (Å²) in [6.45, 7) is 2.61. The number of nitrogens with one attached hydrogen (secondary N) is 2. The van der Waals surface area contributed by atoms with E-state index in [4.69, 9.17) is 23.2 Å². The highest BCUT2D eigenvalue weighted by molar-refractivity contribution is 6.40. The lowest BCUT2D eigenvalue weighted by Crippen LogP contribution is -2.13. The topological polar surface area (TPSA) is 54.0 Å². The van der Waals surface area contributed by atoms with Crippen LogP contribution in [-0.2, 0) is 0 Å². The summed E-state index contributed by atoms with van der Waals surface area (Å²) in [6.07, 6.45) is 1.51. The number of hydrogen-bond donors (Lipinski definition) is 2. The predicted octanol–water partition coefficient (Wildman–Crippen LogP) is 4.21. The molecule has 1 amide bonds. The van der Waals surface area contributed by atoms with Crippen LogP contribution in [0.15, 0.2) is 30.5 Å². The molecular formula is C14H12Cl2FN3O. The number of halogens is 3. The van der Waals surface area contributed by atoms with Gasteiger partial charge in [0.15, 0.2) is 0 Å². The first kappa shape index (κ1) is 15.5. The van der Waals surface area contributed by atoms with Crippen molar-refractivity contribution < 1.29 is 9.18 Å². The normalized spacial score (nSPS) is 10.3. The molecule has 1 aromatic carbocycles. The van der Waals surface area contributed by atoms with E-state index in [0.717, 1.165) is 12.1 Å². The lowest BCUT2D eigenvalue weighted by Gasteiger charge is -2.10. The lowest BCUT2D eigenvalue weighted by atomic mass is 10.2. The third kappa shape index (κ3) is 3.83. The molecule has 2 rings (SSSR count). The summed E-state index contributed by atoms with van der Waals surface area (Å²) >= 11 is 11.8. The number of hydrogen-bond acceptors (Lipinski definition) is 3. The molecule has 21 heavy (non-hydrogen) atoms. The van der Waals surface area contributed by atoms with Gasteiger partial charge in [0.25, 0.3) is 5.91 Å². The van der Waals surface area contributed by atoms with Crippen molar-refractivity contribution in [3.8, 4) is 0 Å². The molecule has 4 nitrogen and oxygen atoms in total. The second-order valence-corrected chi connectivity index (χ2v) is 4.97. The van der Waals surface area contributed by atoms with Crippen molar-refractivity contribution in [1.29, 1.82) is 0 Å². The number of nitrogens with zero attached hydrogens (tertiary/aromatic N) is 1. The van der Waals surface area contributed by atoms with Gasteiger partial charge in [0.2, 0.25) is 0 Å². The Hall–Kier alpha value is -1.85. The molecule has 0 aliphatic rings. The Kier molecular flexibility index (Phi) is 4.98. The maximum Gasteiger partial charge on any atom is 0.255 e. The zero-order valence-corrected chi connectivity index (χ0v) is 12.6. The summed E-state index contributed by atoms with van der Waals surface area (Å²) in [5.41, 5.74) is 0.559. The first-order valence-corrected chi connectivity index (χ1v) is 6.92. The van der Waals surface area contributed by atoms with Gasteiger partial charge < -0.3 is 10.6 Å². The molecule has 0 radical (unpaired) electrons. The van der Waals surface area contributed by atoms with Gasteiger partial charge in [0.1, 0.15) is 11.6 Å². The average molecular weight is 328 g/mol. The van der Waals surface area contributed by atoms with Gasteiger partial charge in [0.05, 0.1) is 15.7 Å². The molecule has 2 aromatic rings. The quantitative estimate of drug-likeness (QED) is 0.884. The Bertz CT molecular complexity index is 656. The van der Waals surface area contributed by atoms with Crippen LogP contribution in [0.4, 0.5) is 15.9 Å². The zero-order chi connectivity index (χ0) is 15.4. The summed E-state index contributed by atoms with van der Waals surface area (Å²) in [7, 11) is 0. The van der Waals surface area contributed by atoms with Crippen LogP contribution in [0.2, 0.25) is 10.0 Å². The van der Waals surface area contributed by atoms with E-state index in [0.29, 0.717) is 17.9 Å². The molecule has 0 aliphatic carbocycles. The highest BCUT2D eigenvalue weighted by Gasteiger charge is 2.13. The molecule has 0 bridgehead atoms. The number of carbonyl (C=O) groups excluding carboxylic acids is 1. The molecule has 0 unspecified atom stereocenters. The van der Waals surface area contributed by atoms with E-state index in [1.54, 1.807) is 12.1 Å². The first-order chi connectivity index (χ1) is 10.0. The molecule has 0 atom stereocenters. The maximum absolute atomic E-state index is 13.1. The fourth-order valence-electron chi connectivity index (χ4n) is 1.70. The number of aromatic nitrogens is 1. The van der Waals surface area contributed by atoms with Gasteiger partial charge in [-0.15, -0.1) is 0 Å². The summed E-state index contributed by atoms with van der Waals surface area (Å²) in [5, 5.41) is 5.64. The standard InChI is InChI=1S/C14H12Cl2FN3O/c1-2-18-12-5-8(3-4-19-12)14(21)20-13-10(15)6-9(17)7-11(13)16/h3-7H,2H2,1H3,(H,18,19)(H,20,21). The van der Waals surface area contributed by atoms with Crippen molar-refractivity contribution in [3.63, 3.8) is 0 Å². The molecule has 0 saturated carbocycles. The number of rotatable bonds is 4. The highest BCUT2D eigenvalue weighted by atomic mass is 35.5. The molecule has 7 heteroatoms. The number of anilines is 2. The molecule has 0 aliphatic heterocycles. The van der Waals surface area contributed by atoms with Gasteiger partial charge in [-0.2, -0.15) is 0 Å². The summed E-state index contributed by atoms with van der Waals surface area (Å²) in [4.78, 5) is 16.3. The summed E-state index contributed by atoms with van der Waals surface area (Å²) < 4.78 is 13.1.